The van der Waals surface area contributed by atoms with Crippen LogP contribution in [0.25, 0.3) is 0 Å². The summed E-state index contributed by atoms with van der Waals surface area (Å²) in [6.07, 6.45) is 0.221. The molecule has 1 saturated heterocycles. The predicted octanol–water partition coefficient (Wildman–Crippen LogP) is -0.552. The van der Waals surface area contributed by atoms with Gasteiger partial charge in [-0.05, 0) is 0 Å². The Kier molecular flexibility index (Phi) is 3.37. The van der Waals surface area contributed by atoms with Gasteiger partial charge in [0.25, 0.3) is 5.56 Å². The van der Waals surface area contributed by atoms with E-state index in [0.29, 0.717) is 6.54 Å². The molecule has 0 aliphatic carbocycles. The van der Waals surface area contributed by atoms with E-state index in [1.807, 2.05) is 4.98 Å². The molecule has 1 aliphatic rings. The molecule has 0 bridgehead atoms. The molecule has 0 aromatic carbocycles. The van der Waals surface area contributed by atoms with Gasteiger partial charge in [0, 0.05) is 31.2 Å². The summed E-state index contributed by atoms with van der Waals surface area (Å²) in [5.74, 6) is -0.0459. The summed E-state index contributed by atoms with van der Waals surface area (Å²) in [7, 11) is 0. The van der Waals surface area contributed by atoms with Crippen molar-refractivity contribution >= 4 is 28.6 Å². The first-order valence-corrected chi connectivity index (χ1v) is 6.15. The van der Waals surface area contributed by atoms with Crippen molar-refractivity contribution in [3.05, 3.63) is 26.9 Å². The number of anilines is 1. The number of H-pyrrole nitrogens is 2. The van der Waals surface area contributed by atoms with Crippen molar-refractivity contribution in [2.75, 3.05) is 11.4 Å². The maximum atomic E-state index is 11.8. The highest BCUT2D eigenvalue weighted by molar-refractivity contribution is 8.14. The molecule has 2 rings (SSSR count). The van der Waals surface area contributed by atoms with E-state index in [1.165, 1.54) is 11.8 Å². The molecule has 2 N–H and O–H groups in total. The first-order valence-electron chi connectivity index (χ1n) is 5.27. The van der Waals surface area contributed by atoms with Gasteiger partial charge >= 0.3 is 5.69 Å². The Labute approximate surface area is 106 Å². The maximum absolute atomic E-state index is 11.8. The lowest BCUT2D eigenvalue weighted by Gasteiger charge is -2.14. The highest BCUT2D eigenvalue weighted by Crippen LogP contribution is 2.26. The normalized spacial score (nSPS) is 19.3. The van der Waals surface area contributed by atoms with E-state index in [1.54, 1.807) is 0 Å². The average Bonchev–Trinajstić information content (AvgIpc) is 2.56. The number of aromatic amines is 2. The molecule has 1 amide bonds. The maximum Gasteiger partial charge on any atom is 0.327 e. The molecule has 1 unspecified atom stereocenters. The molecule has 0 saturated carbocycles. The summed E-state index contributed by atoms with van der Waals surface area (Å²) in [4.78, 5) is 50.8. The molecule has 1 aromatic rings. The van der Waals surface area contributed by atoms with E-state index < -0.39 is 11.2 Å². The number of rotatable bonds is 2. The first-order chi connectivity index (χ1) is 8.45. The molecule has 1 aliphatic heterocycles. The van der Waals surface area contributed by atoms with Crippen LogP contribution in [-0.2, 0) is 9.59 Å². The second-order valence-corrected chi connectivity index (χ2v) is 5.39. The van der Waals surface area contributed by atoms with Gasteiger partial charge in [-0.1, -0.05) is 11.8 Å². The van der Waals surface area contributed by atoms with E-state index in [2.05, 4.69) is 4.98 Å². The summed E-state index contributed by atoms with van der Waals surface area (Å²) in [6, 6.07) is 1.15. The summed E-state index contributed by atoms with van der Waals surface area (Å²) in [5, 5.41) is -0.202. The molecule has 1 atom stereocenters. The second-order valence-electron chi connectivity index (χ2n) is 3.91. The van der Waals surface area contributed by atoms with Crippen molar-refractivity contribution in [2.45, 2.75) is 18.6 Å². The number of nitrogens with one attached hydrogen (secondary N) is 2. The van der Waals surface area contributed by atoms with E-state index >= 15 is 0 Å². The van der Waals surface area contributed by atoms with Crippen molar-refractivity contribution in [3.8, 4) is 0 Å². The summed E-state index contributed by atoms with van der Waals surface area (Å²) in [6.45, 7) is 1.75. The molecule has 2 heterocycles. The largest absolute Gasteiger partial charge is 0.327 e. The Hall–Kier alpha value is -1.83. The Bertz CT molecular complexity index is 577. The number of hydrogen-bond acceptors (Lipinski definition) is 5. The minimum Gasteiger partial charge on any atom is -0.297 e. The fraction of sp³-hybridized carbons (Fsp3) is 0.400. The van der Waals surface area contributed by atoms with Gasteiger partial charge < -0.3 is 0 Å². The minimum atomic E-state index is -0.659. The van der Waals surface area contributed by atoms with E-state index in [-0.39, 0.29) is 28.5 Å². The van der Waals surface area contributed by atoms with Gasteiger partial charge in [0.2, 0.25) is 5.91 Å². The standard InChI is InChI=1S/C10H11N3O4S/c1-5(14)18-6-2-9(16)13(4-6)7-3-8(15)12-10(17)11-7/h3,6H,2,4H2,1H3,(H2,11,12,15,17). The monoisotopic (exact) mass is 269 g/mol. The number of carbonyl (C=O) groups is 2. The summed E-state index contributed by atoms with van der Waals surface area (Å²) < 4.78 is 0. The third-order valence-corrected chi connectivity index (χ3v) is 3.44. The van der Waals surface area contributed by atoms with Gasteiger partial charge in [-0.15, -0.1) is 0 Å². The lowest BCUT2D eigenvalue weighted by atomic mass is 10.4. The van der Waals surface area contributed by atoms with Gasteiger partial charge in [-0.3, -0.25) is 29.3 Å². The molecule has 7 nitrogen and oxygen atoms in total. The van der Waals surface area contributed by atoms with Gasteiger partial charge in [0.1, 0.15) is 5.82 Å². The lowest BCUT2D eigenvalue weighted by molar-refractivity contribution is -0.117. The number of thioether (sulfide) groups is 1. The van der Waals surface area contributed by atoms with E-state index in [0.717, 1.165) is 17.8 Å². The SMILES string of the molecule is CC(=O)SC1CC(=O)N(c2cc(=O)[nH]c(=O)[nH]2)C1. The van der Waals surface area contributed by atoms with Crippen LogP contribution in [0.1, 0.15) is 13.3 Å². The van der Waals surface area contributed by atoms with Crippen molar-refractivity contribution in [1.29, 1.82) is 0 Å². The highest BCUT2D eigenvalue weighted by Gasteiger charge is 2.32. The number of hydrogen-bond donors (Lipinski definition) is 2. The zero-order valence-corrected chi connectivity index (χ0v) is 10.4. The van der Waals surface area contributed by atoms with Gasteiger partial charge in [0.05, 0.1) is 0 Å². The number of nitrogens with zero attached hydrogens (tertiary/aromatic N) is 1. The fourth-order valence-corrected chi connectivity index (χ4v) is 2.74. The minimum absolute atomic E-state index is 0.0611. The summed E-state index contributed by atoms with van der Waals surface area (Å²) >= 11 is 1.09. The van der Waals surface area contributed by atoms with E-state index in [9.17, 15) is 19.2 Å². The fourth-order valence-electron chi connectivity index (χ4n) is 1.82. The van der Waals surface area contributed by atoms with Crippen molar-refractivity contribution in [1.82, 2.24) is 9.97 Å². The molecular formula is C10H11N3O4S. The molecule has 1 fully saturated rings. The van der Waals surface area contributed by atoms with Crippen LogP contribution in [0.5, 0.6) is 0 Å². The molecule has 0 radical (unpaired) electrons. The topological polar surface area (TPSA) is 103 Å². The van der Waals surface area contributed by atoms with Crippen LogP contribution in [0.15, 0.2) is 15.7 Å². The summed E-state index contributed by atoms with van der Waals surface area (Å²) in [5.41, 5.74) is -1.22. The van der Waals surface area contributed by atoms with Crippen LogP contribution in [0.4, 0.5) is 5.82 Å². The van der Waals surface area contributed by atoms with Crippen molar-refractivity contribution in [2.24, 2.45) is 0 Å². The number of amides is 1. The van der Waals surface area contributed by atoms with Crippen LogP contribution < -0.4 is 16.1 Å². The third kappa shape index (κ3) is 2.70. The molecule has 1 aromatic heterocycles. The van der Waals surface area contributed by atoms with Crippen LogP contribution in [0.2, 0.25) is 0 Å². The molecule has 8 heteroatoms. The van der Waals surface area contributed by atoms with Gasteiger partial charge in [0.15, 0.2) is 5.12 Å². The van der Waals surface area contributed by atoms with Crippen LogP contribution in [-0.4, -0.2) is 32.8 Å². The Morgan fingerprint density at radius 1 is 1.39 bits per heavy atom. The highest BCUT2D eigenvalue weighted by atomic mass is 32.2. The molecule has 96 valence electrons. The smallest absolute Gasteiger partial charge is 0.297 e. The predicted molar refractivity (Wildman–Crippen MR) is 66.7 cm³/mol. The molecule has 18 heavy (non-hydrogen) atoms. The average molecular weight is 269 g/mol. The molecule has 0 spiro atoms. The van der Waals surface area contributed by atoms with Crippen molar-refractivity contribution in [3.63, 3.8) is 0 Å². The van der Waals surface area contributed by atoms with Crippen LogP contribution in [0, 0.1) is 0 Å². The van der Waals surface area contributed by atoms with Crippen molar-refractivity contribution < 1.29 is 9.59 Å². The van der Waals surface area contributed by atoms with Crippen LogP contribution >= 0.6 is 11.8 Å². The number of carbonyl (C=O) groups excluding carboxylic acids is 2. The lowest BCUT2D eigenvalue weighted by Crippen LogP contribution is -2.31. The van der Waals surface area contributed by atoms with Crippen LogP contribution in [0.3, 0.4) is 0 Å². The quantitative estimate of drug-likeness (QED) is 0.749. The van der Waals surface area contributed by atoms with Gasteiger partial charge in [-0.25, -0.2) is 4.79 Å². The second kappa shape index (κ2) is 4.81. The first kappa shape index (κ1) is 12.6. The Balaban J connectivity index is 2.24. The number of aromatic nitrogens is 2. The zero-order valence-electron chi connectivity index (χ0n) is 9.56. The Morgan fingerprint density at radius 2 is 2.11 bits per heavy atom. The van der Waals surface area contributed by atoms with Gasteiger partial charge in [-0.2, -0.15) is 0 Å². The molecular weight excluding hydrogens is 258 g/mol. The third-order valence-electron chi connectivity index (χ3n) is 2.46. The Morgan fingerprint density at radius 3 is 2.72 bits per heavy atom. The zero-order chi connectivity index (χ0) is 13.3. The van der Waals surface area contributed by atoms with E-state index in [4.69, 9.17) is 0 Å².